The number of halogens is 4. The minimum Gasteiger partial charge on any atom is -0.352 e. The highest BCUT2D eigenvalue weighted by atomic mass is 35.5. The molecule has 0 saturated carbocycles. The van der Waals surface area contributed by atoms with Crippen molar-refractivity contribution in [3.05, 3.63) is 94.5 Å². The molecule has 0 radical (unpaired) electrons. The van der Waals surface area contributed by atoms with Gasteiger partial charge < -0.3 is 10.2 Å². The fourth-order valence-electron chi connectivity index (χ4n) is 4.04. The van der Waals surface area contributed by atoms with Gasteiger partial charge in [-0.05, 0) is 75.2 Å². The van der Waals surface area contributed by atoms with E-state index in [-0.39, 0.29) is 23.2 Å². The van der Waals surface area contributed by atoms with E-state index in [0.29, 0.717) is 27.4 Å². The zero-order chi connectivity index (χ0) is 31.2. The van der Waals surface area contributed by atoms with Crippen molar-refractivity contribution in [2.45, 2.75) is 63.8 Å². The second-order valence-corrected chi connectivity index (χ2v) is 12.3. The minimum atomic E-state index is -4.75. The van der Waals surface area contributed by atoms with E-state index in [4.69, 9.17) is 11.6 Å². The van der Waals surface area contributed by atoms with E-state index >= 15 is 0 Å². The minimum absolute atomic E-state index is 0.0773. The van der Waals surface area contributed by atoms with Crippen LogP contribution < -0.4 is 9.62 Å². The highest BCUT2D eigenvalue weighted by Crippen LogP contribution is 2.33. The number of nitrogens with one attached hydrogen (secondary N) is 1. The van der Waals surface area contributed by atoms with E-state index in [1.54, 1.807) is 50.2 Å². The Labute approximate surface area is 249 Å². The average molecular weight is 624 g/mol. The van der Waals surface area contributed by atoms with Gasteiger partial charge in [0.15, 0.2) is 0 Å². The lowest BCUT2D eigenvalue weighted by molar-refractivity contribution is -0.139. The van der Waals surface area contributed by atoms with Crippen molar-refractivity contribution >= 4 is 39.1 Å². The molecule has 2 atom stereocenters. The number of rotatable bonds is 11. The first kappa shape index (κ1) is 32.9. The summed E-state index contributed by atoms with van der Waals surface area (Å²) in [4.78, 5) is 28.0. The van der Waals surface area contributed by atoms with E-state index in [1.807, 2.05) is 6.92 Å². The largest absolute Gasteiger partial charge is 0.416 e. The smallest absolute Gasteiger partial charge is 0.352 e. The van der Waals surface area contributed by atoms with Gasteiger partial charge in [-0.25, -0.2) is 8.42 Å². The average Bonchev–Trinajstić information content (AvgIpc) is 2.94. The number of nitrogens with zero attached hydrogens (tertiary/aromatic N) is 2. The van der Waals surface area contributed by atoms with Crippen molar-refractivity contribution in [1.82, 2.24) is 10.2 Å². The Morgan fingerprint density at radius 2 is 1.60 bits per heavy atom. The van der Waals surface area contributed by atoms with Crippen molar-refractivity contribution in [1.29, 1.82) is 0 Å². The number of aryl methyl sites for hydroxylation is 1. The maximum atomic E-state index is 13.9. The molecule has 0 saturated heterocycles. The molecule has 3 aromatic rings. The van der Waals surface area contributed by atoms with Gasteiger partial charge in [-0.2, -0.15) is 13.2 Å². The number of carbonyl (C=O) groups is 2. The molecule has 0 aliphatic heterocycles. The Bertz CT molecular complexity index is 1500. The zero-order valence-corrected chi connectivity index (χ0v) is 25.2. The lowest BCUT2D eigenvalue weighted by Crippen LogP contribution is -2.52. The van der Waals surface area contributed by atoms with Crippen LogP contribution in [0.15, 0.2) is 77.7 Å². The summed E-state index contributed by atoms with van der Waals surface area (Å²) in [6, 6.07) is 14.8. The maximum absolute atomic E-state index is 13.9. The van der Waals surface area contributed by atoms with E-state index in [2.05, 4.69) is 5.32 Å². The first-order valence-electron chi connectivity index (χ1n) is 13.2. The van der Waals surface area contributed by atoms with Crippen LogP contribution in [0.2, 0.25) is 5.02 Å². The zero-order valence-electron chi connectivity index (χ0n) is 23.7. The van der Waals surface area contributed by atoms with Gasteiger partial charge in [0.1, 0.15) is 12.6 Å². The van der Waals surface area contributed by atoms with Crippen LogP contribution in [0.5, 0.6) is 0 Å². The highest BCUT2D eigenvalue weighted by molar-refractivity contribution is 7.92. The van der Waals surface area contributed by atoms with Crippen molar-refractivity contribution in [3.8, 4) is 0 Å². The third-order valence-corrected chi connectivity index (χ3v) is 8.82. The molecule has 0 aliphatic rings. The molecule has 0 fully saturated rings. The van der Waals surface area contributed by atoms with Gasteiger partial charge in [-0.15, -0.1) is 0 Å². The number of alkyl halides is 3. The molecule has 0 heterocycles. The van der Waals surface area contributed by atoms with Gasteiger partial charge in [-0.3, -0.25) is 13.9 Å². The number of hydrogen-bond acceptors (Lipinski definition) is 4. The van der Waals surface area contributed by atoms with Crippen LogP contribution in [-0.4, -0.2) is 43.8 Å². The van der Waals surface area contributed by atoms with Gasteiger partial charge in [0.25, 0.3) is 10.0 Å². The molecule has 226 valence electrons. The summed E-state index contributed by atoms with van der Waals surface area (Å²) in [5.41, 5.74) is -0.0355. The molecule has 0 aliphatic carbocycles. The number of sulfonamides is 1. The number of carbonyl (C=O) groups excluding carboxylic acids is 2. The predicted octanol–water partition coefficient (Wildman–Crippen LogP) is 6.19. The van der Waals surface area contributed by atoms with Crippen molar-refractivity contribution in [3.63, 3.8) is 0 Å². The van der Waals surface area contributed by atoms with Crippen LogP contribution in [0.1, 0.15) is 43.9 Å². The summed E-state index contributed by atoms with van der Waals surface area (Å²) < 4.78 is 69.1. The molecule has 2 unspecified atom stereocenters. The molecule has 0 aromatic heterocycles. The van der Waals surface area contributed by atoms with Gasteiger partial charge in [-0.1, -0.05) is 54.4 Å². The van der Waals surface area contributed by atoms with Gasteiger partial charge in [0.05, 0.1) is 16.1 Å². The van der Waals surface area contributed by atoms with Crippen LogP contribution in [-0.2, 0) is 32.3 Å². The van der Waals surface area contributed by atoms with Gasteiger partial charge >= 0.3 is 6.18 Å². The number of hydrogen-bond donors (Lipinski definition) is 1. The molecule has 42 heavy (non-hydrogen) atoms. The molecule has 0 spiro atoms. The summed E-state index contributed by atoms with van der Waals surface area (Å²) in [7, 11) is -4.51. The Balaban J connectivity index is 2.08. The molecule has 12 heteroatoms. The summed E-state index contributed by atoms with van der Waals surface area (Å²) >= 11 is 6.00. The van der Waals surface area contributed by atoms with E-state index in [0.717, 1.165) is 17.7 Å². The third-order valence-electron chi connectivity index (χ3n) is 6.78. The summed E-state index contributed by atoms with van der Waals surface area (Å²) in [6.45, 7) is 6.02. The van der Waals surface area contributed by atoms with E-state index < -0.39 is 46.2 Å². The van der Waals surface area contributed by atoms with Crippen LogP contribution in [0.4, 0.5) is 18.9 Å². The molecule has 3 aromatic carbocycles. The van der Waals surface area contributed by atoms with Gasteiger partial charge in [0.2, 0.25) is 11.8 Å². The normalized spacial score (nSPS) is 13.2. The number of anilines is 1. The number of benzene rings is 3. The SMILES string of the molecule is CCC(C)NC(=O)C(C)N(Cc1ccc(Cl)cc1)C(=O)CN(c1cccc(C(F)(F)F)c1)S(=O)(=O)c1ccc(C)cc1. The molecule has 2 amide bonds. The molecule has 0 bridgehead atoms. The lowest BCUT2D eigenvalue weighted by Gasteiger charge is -2.32. The number of amides is 2. The second-order valence-electron chi connectivity index (χ2n) is 10.0. The van der Waals surface area contributed by atoms with Crippen molar-refractivity contribution in [2.75, 3.05) is 10.8 Å². The standard InChI is InChI=1S/C30H33ClF3N3O4S/c1-5-21(3)35-29(39)22(4)36(18-23-11-13-25(31)14-12-23)28(38)19-37(26-8-6-7-24(17-26)30(32,33)34)42(40,41)27-15-9-20(2)10-16-27/h6-17,21-22H,5,18-19H2,1-4H3,(H,35,39). The lowest BCUT2D eigenvalue weighted by atomic mass is 10.1. The summed E-state index contributed by atoms with van der Waals surface area (Å²) in [5, 5.41) is 3.28. The first-order chi connectivity index (χ1) is 19.6. The summed E-state index contributed by atoms with van der Waals surface area (Å²) in [5.74, 6) is -1.25. The van der Waals surface area contributed by atoms with Crippen molar-refractivity contribution in [2.24, 2.45) is 0 Å². The molecule has 3 rings (SSSR count). The van der Waals surface area contributed by atoms with Crippen LogP contribution in [0.3, 0.4) is 0 Å². The molecule has 1 N–H and O–H groups in total. The third kappa shape index (κ3) is 8.25. The topological polar surface area (TPSA) is 86.8 Å². The Hall–Kier alpha value is -3.57. The monoisotopic (exact) mass is 623 g/mol. The highest BCUT2D eigenvalue weighted by Gasteiger charge is 2.35. The van der Waals surface area contributed by atoms with Crippen LogP contribution in [0, 0.1) is 6.92 Å². The first-order valence-corrected chi connectivity index (χ1v) is 15.1. The molecule has 7 nitrogen and oxygen atoms in total. The van der Waals surface area contributed by atoms with E-state index in [9.17, 15) is 31.2 Å². The fourth-order valence-corrected chi connectivity index (χ4v) is 5.57. The maximum Gasteiger partial charge on any atom is 0.416 e. The predicted molar refractivity (Wildman–Crippen MR) is 157 cm³/mol. The van der Waals surface area contributed by atoms with Crippen LogP contribution in [0.25, 0.3) is 0 Å². The fraction of sp³-hybridized carbons (Fsp3) is 0.333. The molecular weight excluding hydrogens is 591 g/mol. The van der Waals surface area contributed by atoms with Gasteiger partial charge in [0, 0.05) is 17.6 Å². The van der Waals surface area contributed by atoms with E-state index in [1.165, 1.54) is 30.0 Å². The Morgan fingerprint density at radius 1 is 0.976 bits per heavy atom. The van der Waals surface area contributed by atoms with Crippen LogP contribution >= 0.6 is 11.6 Å². The Morgan fingerprint density at radius 3 is 2.17 bits per heavy atom. The van der Waals surface area contributed by atoms with Crippen molar-refractivity contribution < 1.29 is 31.2 Å². The summed E-state index contributed by atoms with van der Waals surface area (Å²) in [6.07, 6.45) is -4.11. The molecular formula is C30H33ClF3N3O4S. The Kier molecular flexibility index (Phi) is 10.7. The second kappa shape index (κ2) is 13.6. The quantitative estimate of drug-likeness (QED) is 0.276.